The molecule has 0 aliphatic carbocycles. The number of nitrogen functional groups attached to an aromatic ring is 1. The molecule has 0 spiro atoms. The average Bonchev–Trinajstić information content (AvgIpc) is 2.71. The van der Waals surface area contributed by atoms with Crippen LogP contribution in [0.15, 0.2) is 29.4 Å². The minimum absolute atomic E-state index is 0.0533. The Hall–Kier alpha value is -1.96. The van der Waals surface area contributed by atoms with Gasteiger partial charge < -0.3 is 5.73 Å². The Labute approximate surface area is 102 Å². The summed E-state index contributed by atoms with van der Waals surface area (Å²) in [4.78, 5) is -0.0634. The summed E-state index contributed by atoms with van der Waals surface area (Å²) in [6.07, 6.45) is 3.22. The highest BCUT2D eigenvalue weighted by atomic mass is 32.2. The first-order valence-electron chi connectivity index (χ1n) is 4.78. The standard InChI is InChI=1S/C10H9F2N3O2S/c1-18(16,17)7-4-14-15(5-7)9-3-6(11)2-8(12)10(9)13/h2-5H,13H2,1H3. The van der Waals surface area contributed by atoms with Gasteiger partial charge in [0.15, 0.2) is 15.7 Å². The van der Waals surface area contributed by atoms with E-state index in [1.54, 1.807) is 0 Å². The summed E-state index contributed by atoms with van der Waals surface area (Å²) in [6, 6.07) is 1.61. The van der Waals surface area contributed by atoms with Crippen LogP contribution in [0.1, 0.15) is 0 Å². The first-order valence-corrected chi connectivity index (χ1v) is 6.68. The number of hydrogen-bond acceptors (Lipinski definition) is 4. The van der Waals surface area contributed by atoms with Crippen molar-refractivity contribution in [3.8, 4) is 5.69 Å². The summed E-state index contributed by atoms with van der Waals surface area (Å²) in [5.74, 6) is -1.76. The van der Waals surface area contributed by atoms with E-state index < -0.39 is 21.5 Å². The molecule has 0 aliphatic rings. The quantitative estimate of drug-likeness (QED) is 0.832. The Morgan fingerprint density at radius 1 is 1.33 bits per heavy atom. The fraction of sp³-hybridized carbons (Fsp3) is 0.100. The molecule has 1 heterocycles. The van der Waals surface area contributed by atoms with Crippen molar-refractivity contribution in [2.45, 2.75) is 4.90 Å². The predicted octanol–water partition coefficient (Wildman–Crippen LogP) is 1.14. The van der Waals surface area contributed by atoms with Gasteiger partial charge >= 0.3 is 0 Å². The lowest BCUT2D eigenvalue weighted by molar-refractivity contribution is 0.583. The lowest BCUT2D eigenvalue weighted by Crippen LogP contribution is -2.04. The van der Waals surface area contributed by atoms with Gasteiger partial charge in [-0.3, -0.25) is 0 Å². The van der Waals surface area contributed by atoms with E-state index in [-0.39, 0.29) is 16.3 Å². The van der Waals surface area contributed by atoms with Crippen molar-refractivity contribution in [1.29, 1.82) is 0 Å². The molecule has 0 aliphatic heterocycles. The minimum atomic E-state index is -3.43. The van der Waals surface area contributed by atoms with Crippen LogP contribution in [0.25, 0.3) is 5.69 Å². The molecular formula is C10H9F2N3O2S. The second kappa shape index (κ2) is 4.05. The van der Waals surface area contributed by atoms with E-state index in [4.69, 9.17) is 5.73 Å². The van der Waals surface area contributed by atoms with Gasteiger partial charge in [-0.15, -0.1) is 0 Å². The molecule has 1 aromatic carbocycles. The summed E-state index contributed by atoms with van der Waals surface area (Å²) in [7, 11) is -3.43. The van der Waals surface area contributed by atoms with Crippen LogP contribution in [-0.2, 0) is 9.84 Å². The fourth-order valence-electron chi connectivity index (χ4n) is 1.39. The Morgan fingerprint density at radius 2 is 2.00 bits per heavy atom. The van der Waals surface area contributed by atoms with Crippen LogP contribution in [0.5, 0.6) is 0 Å². The Morgan fingerprint density at radius 3 is 2.56 bits per heavy atom. The molecule has 96 valence electrons. The Bertz CT molecular complexity index is 710. The highest BCUT2D eigenvalue weighted by Crippen LogP contribution is 2.22. The number of anilines is 1. The van der Waals surface area contributed by atoms with Crippen LogP contribution in [-0.4, -0.2) is 24.5 Å². The van der Waals surface area contributed by atoms with Gasteiger partial charge in [0.1, 0.15) is 10.7 Å². The second-order valence-electron chi connectivity index (χ2n) is 3.71. The van der Waals surface area contributed by atoms with Crippen LogP contribution in [0.4, 0.5) is 14.5 Å². The zero-order valence-corrected chi connectivity index (χ0v) is 10.1. The van der Waals surface area contributed by atoms with Crippen LogP contribution in [0, 0.1) is 11.6 Å². The van der Waals surface area contributed by atoms with E-state index in [9.17, 15) is 17.2 Å². The zero-order chi connectivity index (χ0) is 13.5. The van der Waals surface area contributed by atoms with Gasteiger partial charge in [-0.2, -0.15) is 5.10 Å². The molecule has 0 unspecified atom stereocenters. The molecule has 2 rings (SSSR count). The Kier molecular flexibility index (Phi) is 2.81. The molecule has 0 fully saturated rings. The molecule has 0 saturated heterocycles. The van der Waals surface area contributed by atoms with E-state index in [2.05, 4.69) is 5.10 Å². The lowest BCUT2D eigenvalue weighted by atomic mass is 10.2. The summed E-state index contributed by atoms with van der Waals surface area (Å²) in [5.41, 5.74) is 5.09. The molecule has 18 heavy (non-hydrogen) atoms. The minimum Gasteiger partial charge on any atom is -0.395 e. The maximum Gasteiger partial charge on any atom is 0.178 e. The topological polar surface area (TPSA) is 78.0 Å². The first kappa shape index (κ1) is 12.5. The molecule has 0 amide bonds. The molecule has 5 nitrogen and oxygen atoms in total. The van der Waals surface area contributed by atoms with Crippen molar-refractivity contribution in [2.75, 3.05) is 12.0 Å². The highest BCUT2D eigenvalue weighted by molar-refractivity contribution is 7.90. The normalized spacial score (nSPS) is 11.7. The third kappa shape index (κ3) is 2.19. The summed E-state index contributed by atoms with van der Waals surface area (Å²) in [6.45, 7) is 0. The van der Waals surface area contributed by atoms with Crippen LogP contribution in [0.2, 0.25) is 0 Å². The predicted molar refractivity (Wildman–Crippen MR) is 61.0 cm³/mol. The van der Waals surface area contributed by atoms with Gasteiger partial charge in [-0.25, -0.2) is 21.9 Å². The van der Waals surface area contributed by atoms with Gasteiger partial charge in [-0.1, -0.05) is 0 Å². The van der Waals surface area contributed by atoms with E-state index in [0.29, 0.717) is 6.07 Å². The van der Waals surface area contributed by atoms with Crippen molar-refractivity contribution in [3.63, 3.8) is 0 Å². The zero-order valence-electron chi connectivity index (χ0n) is 9.26. The molecule has 2 N–H and O–H groups in total. The maximum atomic E-state index is 13.2. The third-order valence-electron chi connectivity index (χ3n) is 2.31. The highest BCUT2D eigenvalue weighted by Gasteiger charge is 2.14. The van der Waals surface area contributed by atoms with Crippen molar-refractivity contribution in [3.05, 3.63) is 36.2 Å². The fourth-order valence-corrected chi connectivity index (χ4v) is 1.92. The molecule has 8 heteroatoms. The Balaban J connectivity index is 2.60. The van der Waals surface area contributed by atoms with Gasteiger partial charge in [0, 0.05) is 24.6 Å². The lowest BCUT2D eigenvalue weighted by Gasteiger charge is -2.06. The molecule has 2 aromatic rings. The average molecular weight is 273 g/mol. The third-order valence-corrected chi connectivity index (χ3v) is 3.37. The number of nitrogens with zero attached hydrogens (tertiary/aromatic N) is 2. The number of nitrogens with two attached hydrogens (primary N) is 1. The summed E-state index contributed by atoms with van der Waals surface area (Å²) in [5, 5.41) is 3.72. The van der Waals surface area contributed by atoms with Gasteiger partial charge in [0.2, 0.25) is 0 Å². The monoisotopic (exact) mass is 273 g/mol. The number of hydrogen-bond donors (Lipinski definition) is 1. The smallest absolute Gasteiger partial charge is 0.178 e. The number of aromatic nitrogens is 2. The number of rotatable bonds is 2. The van der Waals surface area contributed by atoms with Crippen molar-refractivity contribution >= 4 is 15.5 Å². The van der Waals surface area contributed by atoms with E-state index >= 15 is 0 Å². The molecule has 0 atom stereocenters. The van der Waals surface area contributed by atoms with Gasteiger partial charge in [0.05, 0.1) is 17.6 Å². The number of sulfone groups is 1. The van der Waals surface area contributed by atoms with E-state index in [1.807, 2.05) is 0 Å². The van der Waals surface area contributed by atoms with Gasteiger partial charge in [0.25, 0.3) is 0 Å². The summed E-state index contributed by atoms with van der Waals surface area (Å²) >= 11 is 0. The van der Waals surface area contributed by atoms with Crippen LogP contribution >= 0.6 is 0 Å². The maximum absolute atomic E-state index is 13.2. The van der Waals surface area contributed by atoms with Crippen LogP contribution < -0.4 is 5.73 Å². The van der Waals surface area contributed by atoms with Crippen molar-refractivity contribution in [1.82, 2.24) is 9.78 Å². The molecule has 1 aromatic heterocycles. The van der Waals surface area contributed by atoms with Crippen molar-refractivity contribution in [2.24, 2.45) is 0 Å². The molecular weight excluding hydrogens is 264 g/mol. The van der Waals surface area contributed by atoms with Crippen LogP contribution in [0.3, 0.4) is 0 Å². The van der Waals surface area contributed by atoms with Crippen molar-refractivity contribution < 1.29 is 17.2 Å². The summed E-state index contributed by atoms with van der Waals surface area (Å²) < 4.78 is 49.9. The largest absolute Gasteiger partial charge is 0.395 e. The number of halogens is 2. The van der Waals surface area contributed by atoms with E-state index in [0.717, 1.165) is 29.4 Å². The number of benzene rings is 1. The SMILES string of the molecule is CS(=O)(=O)c1cnn(-c2cc(F)cc(F)c2N)c1. The second-order valence-corrected chi connectivity index (χ2v) is 5.73. The molecule has 0 radical (unpaired) electrons. The van der Waals surface area contributed by atoms with E-state index in [1.165, 1.54) is 0 Å². The first-order chi connectivity index (χ1) is 8.29. The molecule has 0 bridgehead atoms. The molecule has 0 saturated carbocycles. The van der Waals surface area contributed by atoms with Gasteiger partial charge in [-0.05, 0) is 0 Å².